The van der Waals surface area contributed by atoms with Crippen LogP contribution in [0.2, 0.25) is 0 Å². The van der Waals surface area contributed by atoms with Crippen LogP contribution < -0.4 is 5.73 Å². The van der Waals surface area contributed by atoms with E-state index in [1.165, 1.54) is 6.42 Å². The number of nitrogens with two attached hydrogens (primary N) is 1. The topological polar surface area (TPSA) is 52.3 Å². The van der Waals surface area contributed by atoms with Gasteiger partial charge in [-0.3, -0.25) is 0 Å². The van der Waals surface area contributed by atoms with Gasteiger partial charge < -0.3 is 10.5 Å². The smallest absolute Gasteiger partial charge is 0.404 e. The van der Waals surface area contributed by atoms with Crippen molar-refractivity contribution >= 4 is 6.09 Å². The maximum absolute atomic E-state index is 10.2. The summed E-state index contributed by atoms with van der Waals surface area (Å²) in [6.45, 7) is 0.436. The summed E-state index contributed by atoms with van der Waals surface area (Å²) in [4.78, 5) is 10.2. The monoisotopic (exact) mass is 155 g/mol. The van der Waals surface area contributed by atoms with E-state index in [1.54, 1.807) is 0 Å². The third-order valence-corrected chi connectivity index (χ3v) is 1.79. The van der Waals surface area contributed by atoms with E-state index >= 15 is 0 Å². The van der Waals surface area contributed by atoms with Crippen LogP contribution in [0.25, 0.3) is 0 Å². The van der Waals surface area contributed by atoms with Crippen LogP contribution in [0.15, 0.2) is 12.2 Å². The molecule has 3 nitrogen and oxygen atoms in total. The third-order valence-electron chi connectivity index (χ3n) is 1.79. The zero-order valence-electron chi connectivity index (χ0n) is 6.45. The van der Waals surface area contributed by atoms with Crippen molar-refractivity contribution in [3.63, 3.8) is 0 Å². The van der Waals surface area contributed by atoms with E-state index in [1.807, 2.05) is 0 Å². The number of amides is 1. The minimum atomic E-state index is -0.677. The number of hydrogen-bond donors (Lipinski definition) is 1. The van der Waals surface area contributed by atoms with Gasteiger partial charge >= 0.3 is 6.09 Å². The van der Waals surface area contributed by atoms with Crippen LogP contribution >= 0.6 is 0 Å². The largest absolute Gasteiger partial charge is 0.449 e. The average molecular weight is 155 g/mol. The van der Waals surface area contributed by atoms with Gasteiger partial charge in [-0.15, -0.1) is 0 Å². The number of primary amides is 1. The molecule has 1 aliphatic carbocycles. The Morgan fingerprint density at radius 3 is 3.09 bits per heavy atom. The molecule has 11 heavy (non-hydrogen) atoms. The van der Waals surface area contributed by atoms with Gasteiger partial charge in [0.25, 0.3) is 0 Å². The highest BCUT2D eigenvalue weighted by Gasteiger charge is 2.09. The first-order valence-electron chi connectivity index (χ1n) is 3.88. The second-order valence-corrected chi connectivity index (χ2v) is 2.75. The minimum absolute atomic E-state index is 0.385. The maximum Gasteiger partial charge on any atom is 0.404 e. The predicted molar refractivity (Wildman–Crippen MR) is 42.0 cm³/mol. The van der Waals surface area contributed by atoms with Gasteiger partial charge in [-0.25, -0.2) is 4.79 Å². The van der Waals surface area contributed by atoms with Gasteiger partial charge in [-0.1, -0.05) is 12.2 Å². The predicted octanol–water partition coefficient (Wildman–Crippen LogP) is 1.44. The second kappa shape index (κ2) is 4.01. The van der Waals surface area contributed by atoms with Crippen molar-refractivity contribution in [1.82, 2.24) is 0 Å². The van der Waals surface area contributed by atoms with E-state index in [9.17, 15) is 4.79 Å². The highest BCUT2D eigenvalue weighted by Crippen LogP contribution is 2.16. The molecule has 62 valence electrons. The summed E-state index contributed by atoms with van der Waals surface area (Å²) in [7, 11) is 0. The summed E-state index contributed by atoms with van der Waals surface area (Å²) in [5, 5.41) is 0. The standard InChI is InChI=1S/C8H13NO2/c9-8(10)11-6-7-4-2-1-3-5-7/h2,4,7H,1,3,5-6H2,(H2,9,10). The molecule has 1 rings (SSSR count). The molecular formula is C8H13NO2. The molecule has 0 heterocycles. The highest BCUT2D eigenvalue weighted by atomic mass is 16.5. The van der Waals surface area contributed by atoms with Crippen molar-refractivity contribution in [2.75, 3.05) is 6.61 Å². The fourth-order valence-corrected chi connectivity index (χ4v) is 1.21. The fraction of sp³-hybridized carbons (Fsp3) is 0.625. The quantitative estimate of drug-likeness (QED) is 0.613. The molecule has 3 heteroatoms. The summed E-state index contributed by atoms with van der Waals surface area (Å²) in [6.07, 6.45) is 6.97. The van der Waals surface area contributed by atoms with Crippen LogP contribution in [-0.4, -0.2) is 12.7 Å². The Hall–Kier alpha value is -0.990. The molecule has 0 spiro atoms. The summed E-state index contributed by atoms with van der Waals surface area (Å²) in [6, 6.07) is 0. The minimum Gasteiger partial charge on any atom is -0.449 e. The van der Waals surface area contributed by atoms with Crippen molar-refractivity contribution in [3.8, 4) is 0 Å². The van der Waals surface area contributed by atoms with Gasteiger partial charge in [0, 0.05) is 5.92 Å². The first-order valence-corrected chi connectivity index (χ1v) is 3.88. The molecule has 1 atom stereocenters. The van der Waals surface area contributed by atoms with E-state index in [2.05, 4.69) is 16.9 Å². The number of hydrogen-bond acceptors (Lipinski definition) is 2. The molecule has 0 aliphatic heterocycles. The number of carbonyl (C=O) groups is 1. The van der Waals surface area contributed by atoms with Gasteiger partial charge in [-0.05, 0) is 19.3 Å². The van der Waals surface area contributed by atoms with E-state index in [-0.39, 0.29) is 0 Å². The lowest BCUT2D eigenvalue weighted by Gasteiger charge is -2.14. The van der Waals surface area contributed by atoms with Crippen LogP contribution in [-0.2, 0) is 4.74 Å². The molecule has 0 saturated carbocycles. The number of allylic oxidation sites excluding steroid dienone is 1. The molecule has 0 aromatic rings. The van der Waals surface area contributed by atoms with Crippen LogP contribution in [0, 0.1) is 5.92 Å². The van der Waals surface area contributed by atoms with Crippen LogP contribution in [0.3, 0.4) is 0 Å². The molecule has 1 amide bonds. The van der Waals surface area contributed by atoms with Gasteiger partial charge in [0.2, 0.25) is 0 Å². The molecular weight excluding hydrogens is 142 g/mol. The normalized spacial score (nSPS) is 23.1. The third kappa shape index (κ3) is 3.07. The lowest BCUT2D eigenvalue weighted by molar-refractivity contribution is 0.142. The molecule has 2 N–H and O–H groups in total. The zero-order chi connectivity index (χ0) is 8.10. The summed E-state index contributed by atoms with van der Waals surface area (Å²) in [5.74, 6) is 0.385. The Labute approximate surface area is 66.2 Å². The number of carbonyl (C=O) groups excluding carboxylic acids is 1. The highest BCUT2D eigenvalue weighted by molar-refractivity contribution is 5.64. The van der Waals surface area contributed by atoms with Crippen LogP contribution in [0.4, 0.5) is 4.79 Å². The fourth-order valence-electron chi connectivity index (χ4n) is 1.21. The van der Waals surface area contributed by atoms with Gasteiger partial charge in [0.15, 0.2) is 0 Å². The number of ether oxygens (including phenoxy) is 1. The Morgan fingerprint density at radius 2 is 2.55 bits per heavy atom. The molecule has 1 unspecified atom stereocenters. The molecule has 0 aromatic carbocycles. The first-order chi connectivity index (χ1) is 5.29. The Balaban J connectivity index is 2.20. The molecule has 0 aromatic heterocycles. The first kappa shape index (κ1) is 8.11. The van der Waals surface area contributed by atoms with Gasteiger partial charge in [0.05, 0.1) is 6.61 Å². The zero-order valence-corrected chi connectivity index (χ0v) is 6.45. The van der Waals surface area contributed by atoms with Crippen molar-refractivity contribution < 1.29 is 9.53 Å². The van der Waals surface area contributed by atoms with Crippen LogP contribution in [0.1, 0.15) is 19.3 Å². The van der Waals surface area contributed by atoms with Gasteiger partial charge in [-0.2, -0.15) is 0 Å². The van der Waals surface area contributed by atoms with E-state index < -0.39 is 6.09 Å². The average Bonchev–Trinajstić information content (AvgIpc) is 2.03. The lowest BCUT2D eigenvalue weighted by atomic mass is 9.97. The molecule has 1 aliphatic rings. The SMILES string of the molecule is NC(=O)OCC1C=CCCC1. The molecule has 0 fully saturated rings. The molecule has 0 radical (unpaired) electrons. The van der Waals surface area contributed by atoms with Crippen molar-refractivity contribution in [3.05, 3.63) is 12.2 Å². The van der Waals surface area contributed by atoms with E-state index in [0.29, 0.717) is 12.5 Å². The van der Waals surface area contributed by atoms with Crippen molar-refractivity contribution in [1.29, 1.82) is 0 Å². The van der Waals surface area contributed by atoms with E-state index in [0.717, 1.165) is 12.8 Å². The van der Waals surface area contributed by atoms with Crippen molar-refractivity contribution in [2.45, 2.75) is 19.3 Å². The van der Waals surface area contributed by atoms with Gasteiger partial charge in [0.1, 0.15) is 0 Å². The maximum atomic E-state index is 10.2. The summed E-state index contributed by atoms with van der Waals surface area (Å²) in [5.41, 5.74) is 4.82. The number of rotatable bonds is 2. The summed E-state index contributed by atoms with van der Waals surface area (Å²) >= 11 is 0. The van der Waals surface area contributed by atoms with Crippen LogP contribution in [0.5, 0.6) is 0 Å². The lowest BCUT2D eigenvalue weighted by Crippen LogP contribution is -2.18. The summed E-state index contributed by atoms with van der Waals surface area (Å²) < 4.78 is 4.67. The molecule has 0 saturated heterocycles. The van der Waals surface area contributed by atoms with Crippen molar-refractivity contribution in [2.24, 2.45) is 11.7 Å². The Kier molecular flexibility index (Phi) is 2.95. The Bertz CT molecular complexity index is 165. The second-order valence-electron chi connectivity index (χ2n) is 2.75. The molecule has 0 bridgehead atoms. The Morgan fingerprint density at radius 1 is 1.73 bits per heavy atom. The van der Waals surface area contributed by atoms with E-state index in [4.69, 9.17) is 5.73 Å².